The summed E-state index contributed by atoms with van der Waals surface area (Å²) >= 11 is 0. The number of likely N-dealkylation sites (tertiary alicyclic amines) is 1. The van der Waals surface area contributed by atoms with E-state index in [1.54, 1.807) is 4.90 Å². The average molecular weight is 254 g/mol. The molecule has 0 spiro atoms. The molecule has 0 aromatic carbocycles. The molecule has 18 heavy (non-hydrogen) atoms. The normalized spacial score (nSPS) is 28.3. The largest absolute Gasteiger partial charge is 0.480 e. The number of nitrogens with one attached hydrogen (secondary N) is 1. The molecular weight excluding hydrogens is 232 g/mol. The Hall–Kier alpha value is -1.10. The van der Waals surface area contributed by atoms with E-state index < -0.39 is 12.0 Å². The van der Waals surface area contributed by atoms with Gasteiger partial charge in [0.2, 0.25) is 5.91 Å². The number of carbonyl (C=O) groups excluding carboxylic acids is 1. The van der Waals surface area contributed by atoms with Crippen molar-refractivity contribution in [2.24, 2.45) is 5.92 Å². The number of carbonyl (C=O) groups is 2. The summed E-state index contributed by atoms with van der Waals surface area (Å²) in [5.41, 5.74) is 0. The summed E-state index contributed by atoms with van der Waals surface area (Å²) in [5, 5.41) is 12.4. The summed E-state index contributed by atoms with van der Waals surface area (Å²) in [5.74, 6) is -0.265. The Morgan fingerprint density at radius 2 is 2.11 bits per heavy atom. The average Bonchev–Trinajstić information content (AvgIpc) is 2.86. The van der Waals surface area contributed by atoms with Crippen LogP contribution < -0.4 is 5.32 Å². The highest BCUT2D eigenvalue weighted by molar-refractivity contribution is 5.84. The summed E-state index contributed by atoms with van der Waals surface area (Å²) in [4.78, 5) is 24.6. The Balaban J connectivity index is 1.78. The molecule has 0 aliphatic carbocycles. The predicted molar refractivity (Wildman–Crippen MR) is 67.2 cm³/mol. The van der Waals surface area contributed by atoms with Crippen LogP contribution in [0, 0.1) is 5.92 Å². The second-order valence-electron chi connectivity index (χ2n) is 5.33. The minimum atomic E-state index is -0.861. The van der Waals surface area contributed by atoms with Crippen molar-refractivity contribution in [3.8, 4) is 0 Å². The van der Waals surface area contributed by atoms with Gasteiger partial charge in [0.15, 0.2) is 0 Å². The van der Waals surface area contributed by atoms with Gasteiger partial charge in [-0.05, 0) is 51.1 Å². The van der Waals surface area contributed by atoms with E-state index in [-0.39, 0.29) is 5.91 Å². The van der Waals surface area contributed by atoms with Crippen LogP contribution in [-0.4, -0.2) is 47.6 Å². The number of amides is 1. The Morgan fingerprint density at radius 1 is 1.28 bits per heavy atom. The number of nitrogens with zero attached hydrogens (tertiary/aromatic N) is 1. The fourth-order valence-electron chi connectivity index (χ4n) is 2.96. The van der Waals surface area contributed by atoms with Crippen molar-refractivity contribution in [2.75, 3.05) is 19.6 Å². The highest BCUT2D eigenvalue weighted by atomic mass is 16.4. The number of hydrogen-bond donors (Lipinski definition) is 2. The van der Waals surface area contributed by atoms with Crippen LogP contribution in [0.15, 0.2) is 0 Å². The van der Waals surface area contributed by atoms with Crippen molar-refractivity contribution >= 4 is 11.9 Å². The number of piperidine rings is 1. The molecule has 0 saturated carbocycles. The zero-order valence-electron chi connectivity index (χ0n) is 10.7. The van der Waals surface area contributed by atoms with Crippen molar-refractivity contribution in [1.29, 1.82) is 0 Å². The van der Waals surface area contributed by atoms with E-state index in [0.717, 1.165) is 25.9 Å². The molecule has 0 aromatic heterocycles. The quantitative estimate of drug-likeness (QED) is 0.780. The molecule has 0 bridgehead atoms. The molecule has 2 rings (SSSR count). The number of rotatable bonds is 4. The van der Waals surface area contributed by atoms with Gasteiger partial charge < -0.3 is 15.3 Å². The second kappa shape index (κ2) is 6.18. The van der Waals surface area contributed by atoms with Gasteiger partial charge in [-0.1, -0.05) is 0 Å². The Bertz CT molecular complexity index is 313. The fraction of sp³-hybridized carbons (Fsp3) is 0.846. The molecule has 2 N–H and O–H groups in total. The highest BCUT2D eigenvalue weighted by Gasteiger charge is 2.33. The number of carboxylic acids is 1. The van der Waals surface area contributed by atoms with Gasteiger partial charge in [0, 0.05) is 13.0 Å². The summed E-state index contributed by atoms with van der Waals surface area (Å²) in [6.45, 7) is 2.69. The van der Waals surface area contributed by atoms with E-state index >= 15 is 0 Å². The van der Waals surface area contributed by atoms with Crippen LogP contribution in [0.1, 0.15) is 38.5 Å². The maximum absolute atomic E-state index is 12.0. The monoisotopic (exact) mass is 254 g/mol. The van der Waals surface area contributed by atoms with Crippen molar-refractivity contribution < 1.29 is 14.7 Å². The van der Waals surface area contributed by atoms with Gasteiger partial charge in [0.1, 0.15) is 6.04 Å². The Morgan fingerprint density at radius 3 is 2.78 bits per heavy atom. The minimum Gasteiger partial charge on any atom is -0.480 e. The molecule has 2 aliphatic rings. The van der Waals surface area contributed by atoms with Crippen LogP contribution in [-0.2, 0) is 9.59 Å². The first-order chi connectivity index (χ1) is 8.68. The zero-order chi connectivity index (χ0) is 13.0. The smallest absolute Gasteiger partial charge is 0.326 e. The first-order valence-electron chi connectivity index (χ1n) is 6.91. The molecule has 2 aliphatic heterocycles. The minimum absolute atomic E-state index is 0.0190. The van der Waals surface area contributed by atoms with Crippen molar-refractivity contribution in [3.63, 3.8) is 0 Å². The lowest BCUT2D eigenvalue weighted by atomic mass is 9.94. The standard InChI is InChI=1S/C13H22N2O3/c16-12(6-5-10-3-1-7-14-9-10)15-8-2-4-11(15)13(17)18/h10-11,14H,1-9H2,(H,17,18). The van der Waals surface area contributed by atoms with Gasteiger partial charge in [0.25, 0.3) is 0 Å². The molecule has 2 heterocycles. The fourth-order valence-corrected chi connectivity index (χ4v) is 2.96. The van der Waals surface area contributed by atoms with Crippen molar-refractivity contribution in [2.45, 2.75) is 44.6 Å². The number of aliphatic carboxylic acids is 1. The molecule has 0 aromatic rings. The second-order valence-corrected chi connectivity index (χ2v) is 5.33. The lowest BCUT2D eigenvalue weighted by Gasteiger charge is -2.25. The maximum atomic E-state index is 12.0. The lowest BCUT2D eigenvalue weighted by molar-refractivity contribution is -0.148. The molecule has 2 unspecified atom stereocenters. The van der Waals surface area contributed by atoms with Gasteiger partial charge in [-0.15, -0.1) is 0 Å². The molecule has 2 saturated heterocycles. The van der Waals surface area contributed by atoms with E-state index in [9.17, 15) is 9.59 Å². The third kappa shape index (κ3) is 3.22. The third-order valence-corrected chi connectivity index (χ3v) is 4.02. The molecule has 5 heteroatoms. The van der Waals surface area contributed by atoms with E-state index in [1.165, 1.54) is 12.8 Å². The Labute approximate surface area is 108 Å². The van der Waals surface area contributed by atoms with Crippen LogP contribution >= 0.6 is 0 Å². The van der Waals surface area contributed by atoms with Crippen LogP contribution in [0.2, 0.25) is 0 Å². The highest BCUT2D eigenvalue weighted by Crippen LogP contribution is 2.21. The summed E-state index contributed by atoms with van der Waals surface area (Å²) in [6.07, 6.45) is 5.16. The van der Waals surface area contributed by atoms with Gasteiger partial charge in [-0.2, -0.15) is 0 Å². The predicted octanol–water partition coefficient (Wildman–Crippen LogP) is 0.842. The van der Waals surface area contributed by atoms with Gasteiger partial charge in [-0.25, -0.2) is 4.79 Å². The molecule has 0 radical (unpaired) electrons. The zero-order valence-corrected chi connectivity index (χ0v) is 10.7. The van der Waals surface area contributed by atoms with Crippen LogP contribution in [0.5, 0.6) is 0 Å². The molecule has 2 atom stereocenters. The van der Waals surface area contributed by atoms with Gasteiger partial charge in [0.05, 0.1) is 0 Å². The van der Waals surface area contributed by atoms with Crippen molar-refractivity contribution in [3.05, 3.63) is 0 Å². The van der Waals surface area contributed by atoms with E-state index in [1.807, 2.05) is 0 Å². The SMILES string of the molecule is O=C(O)C1CCCN1C(=O)CCC1CCCNC1. The van der Waals surface area contributed by atoms with E-state index in [0.29, 0.717) is 25.3 Å². The first-order valence-corrected chi connectivity index (χ1v) is 6.91. The molecule has 1 amide bonds. The van der Waals surface area contributed by atoms with Crippen LogP contribution in [0.4, 0.5) is 0 Å². The lowest BCUT2D eigenvalue weighted by Crippen LogP contribution is -2.40. The molecule has 102 valence electrons. The number of carboxylic acid groups (broad SMARTS) is 1. The third-order valence-electron chi connectivity index (χ3n) is 4.02. The van der Waals surface area contributed by atoms with E-state index in [4.69, 9.17) is 5.11 Å². The molecule has 5 nitrogen and oxygen atoms in total. The first kappa shape index (κ1) is 13.3. The van der Waals surface area contributed by atoms with Crippen LogP contribution in [0.3, 0.4) is 0 Å². The Kier molecular flexibility index (Phi) is 4.58. The summed E-state index contributed by atoms with van der Waals surface area (Å²) < 4.78 is 0. The van der Waals surface area contributed by atoms with Gasteiger partial charge in [-0.3, -0.25) is 4.79 Å². The summed E-state index contributed by atoms with van der Waals surface area (Å²) in [6, 6.07) is -0.581. The molecular formula is C13H22N2O3. The van der Waals surface area contributed by atoms with Crippen molar-refractivity contribution in [1.82, 2.24) is 10.2 Å². The summed E-state index contributed by atoms with van der Waals surface area (Å²) in [7, 11) is 0. The molecule has 2 fully saturated rings. The van der Waals surface area contributed by atoms with Gasteiger partial charge >= 0.3 is 5.97 Å². The van der Waals surface area contributed by atoms with Crippen LogP contribution in [0.25, 0.3) is 0 Å². The topological polar surface area (TPSA) is 69.6 Å². The maximum Gasteiger partial charge on any atom is 0.326 e. The van der Waals surface area contributed by atoms with E-state index in [2.05, 4.69) is 5.32 Å². The number of hydrogen-bond acceptors (Lipinski definition) is 3.